The van der Waals surface area contributed by atoms with Crippen LogP contribution in [0.3, 0.4) is 0 Å². The molecule has 1 aliphatic heterocycles. The fourth-order valence-corrected chi connectivity index (χ4v) is 3.60. The first-order valence-corrected chi connectivity index (χ1v) is 7.70. The Morgan fingerprint density at radius 2 is 1.79 bits per heavy atom. The van der Waals surface area contributed by atoms with Crippen LogP contribution in [0.5, 0.6) is 0 Å². The summed E-state index contributed by atoms with van der Waals surface area (Å²) in [5, 5.41) is 0. The molecule has 0 aromatic heterocycles. The maximum Gasteiger partial charge on any atom is 0.200 e. The van der Waals surface area contributed by atoms with Gasteiger partial charge in [0.2, 0.25) is 10.0 Å². The average molecular weight is 280 g/mol. The highest BCUT2D eigenvalue weighted by Crippen LogP contribution is 2.32. The van der Waals surface area contributed by atoms with Gasteiger partial charge in [-0.1, -0.05) is 18.2 Å². The van der Waals surface area contributed by atoms with Crippen molar-refractivity contribution in [1.29, 1.82) is 0 Å². The molecule has 0 amide bonds. The van der Waals surface area contributed by atoms with Crippen LogP contribution in [0, 0.1) is 0 Å². The van der Waals surface area contributed by atoms with E-state index in [0.717, 1.165) is 0 Å². The predicted molar refractivity (Wildman–Crippen MR) is 77.6 cm³/mol. The van der Waals surface area contributed by atoms with Crippen LogP contribution in [-0.4, -0.2) is 21.2 Å². The normalized spacial score (nSPS) is 28.4. The van der Waals surface area contributed by atoms with Crippen LogP contribution in [0.15, 0.2) is 44.6 Å². The molecule has 0 aliphatic carbocycles. The van der Waals surface area contributed by atoms with Crippen molar-refractivity contribution < 1.29 is 8.39 Å². The van der Waals surface area contributed by atoms with Crippen LogP contribution in [-0.2, 0) is 14.2 Å². The van der Waals surface area contributed by atoms with E-state index in [0.29, 0.717) is 10.7 Å². The third-order valence-electron chi connectivity index (χ3n) is 2.55. The van der Waals surface area contributed by atoms with Crippen LogP contribution in [0.2, 0.25) is 0 Å². The maximum absolute atomic E-state index is 12.8. The Morgan fingerprint density at radius 1 is 1.21 bits per heavy atom. The summed E-state index contributed by atoms with van der Waals surface area (Å²) < 4.78 is 22.8. The quantitative estimate of drug-likeness (QED) is 0.791. The van der Waals surface area contributed by atoms with Crippen LogP contribution >= 0.6 is 0 Å². The van der Waals surface area contributed by atoms with Crippen molar-refractivity contribution in [1.82, 2.24) is 0 Å². The Balaban J connectivity index is 2.55. The van der Waals surface area contributed by atoms with Gasteiger partial charge in [-0.2, -0.15) is 4.36 Å². The molecule has 0 saturated carbocycles. The number of nitrogens with zero attached hydrogens (tertiary/aromatic N) is 2. The molecular weight excluding hydrogens is 260 g/mol. The van der Waals surface area contributed by atoms with E-state index in [1.54, 1.807) is 12.1 Å². The molecule has 0 spiro atoms. The van der Waals surface area contributed by atoms with Crippen LogP contribution < -0.4 is 0 Å². The lowest BCUT2D eigenvalue weighted by Gasteiger charge is -2.20. The third kappa shape index (κ3) is 3.04. The summed E-state index contributed by atoms with van der Waals surface area (Å²) >= 11 is 0. The zero-order valence-electron chi connectivity index (χ0n) is 12.0. The van der Waals surface area contributed by atoms with Crippen molar-refractivity contribution in [3.8, 4) is 0 Å². The van der Waals surface area contributed by atoms with E-state index in [1.807, 2.05) is 52.8 Å². The predicted octanol–water partition coefficient (Wildman–Crippen LogP) is 3.43. The average Bonchev–Trinajstić information content (AvgIpc) is 2.49. The maximum atomic E-state index is 12.8. The van der Waals surface area contributed by atoms with Crippen molar-refractivity contribution in [2.45, 2.75) is 50.7 Å². The van der Waals surface area contributed by atoms with Gasteiger partial charge in [0.15, 0.2) is 5.84 Å². The van der Waals surface area contributed by atoms with Crippen molar-refractivity contribution in [3.63, 3.8) is 0 Å². The van der Waals surface area contributed by atoms with E-state index in [4.69, 9.17) is 4.18 Å². The highest BCUT2D eigenvalue weighted by atomic mass is 32.2. The smallest absolute Gasteiger partial charge is 0.200 e. The van der Waals surface area contributed by atoms with Gasteiger partial charge in [0.1, 0.15) is 5.60 Å². The fourth-order valence-electron chi connectivity index (χ4n) is 1.73. The Kier molecular flexibility index (Phi) is 3.31. The molecule has 0 radical (unpaired) electrons. The van der Waals surface area contributed by atoms with Gasteiger partial charge in [-0.3, -0.25) is 9.18 Å². The highest BCUT2D eigenvalue weighted by molar-refractivity contribution is 7.89. The minimum absolute atomic E-state index is 0.277. The molecule has 1 aliphatic rings. The number of rotatable bonds is 1. The second-order valence-corrected chi connectivity index (χ2v) is 7.85. The van der Waals surface area contributed by atoms with Gasteiger partial charge in [-0.15, -0.1) is 0 Å². The van der Waals surface area contributed by atoms with Gasteiger partial charge in [0.25, 0.3) is 0 Å². The Morgan fingerprint density at radius 3 is 2.32 bits per heavy atom. The minimum atomic E-state index is -2.87. The van der Waals surface area contributed by atoms with Crippen LogP contribution in [0.1, 0.15) is 34.6 Å². The van der Waals surface area contributed by atoms with Crippen molar-refractivity contribution in [2.24, 2.45) is 9.36 Å². The molecule has 0 fully saturated rings. The van der Waals surface area contributed by atoms with Gasteiger partial charge in [0, 0.05) is 0 Å². The summed E-state index contributed by atoms with van der Waals surface area (Å²) in [6.45, 7) is 9.63. The summed E-state index contributed by atoms with van der Waals surface area (Å²) in [5.74, 6) is 0.508. The molecule has 1 atom stereocenters. The zero-order chi connectivity index (χ0) is 14.3. The van der Waals surface area contributed by atoms with Crippen LogP contribution in [0.25, 0.3) is 0 Å². The fraction of sp³-hybridized carbons (Fsp3) is 0.500. The van der Waals surface area contributed by atoms with E-state index in [1.165, 1.54) is 0 Å². The van der Waals surface area contributed by atoms with E-state index >= 15 is 0 Å². The van der Waals surface area contributed by atoms with Gasteiger partial charge in [0.05, 0.1) is 10.4 Å². The Bertz CT molecular complexity index is 619. The molecule has 0 N–H and O–H groups in total. The van der Waals surface area contributed by atoms with E-state index in [9.17, 15) is 4.21 Å². The number of aliphatic imine (C=N–C) groups is 1. The molecule has 104 valence electrons. The first-order chi connectivity index (χ1) is 8.62. The van der Waals surface area contributed by atoms with Gasteiger partial charge < -0.3 is 0 Å². The van der Waals surface area contributed by atoms with Gasteiger partial charge in [-0.05, 0) is 46.8 Å². The first-order valence-electron chi connectivity index (χ1n) is 6.26. The topological polar surface area (TPSA) is 51.0 Å². The molecule has 0 unspecified atom stereocenters. The van der Waals surface area contributed by atoms with Gasteiger partial charge in [-0.25, -0.2) is 4.21 Å². The van der Waals surface area contributed by atoms with E-state index in [2.05, 4.69) is 9.36 Å². The number of hydrogen-bond acceptors (Lipinski definition) is 3. The lowest BCUT2D eigenvalue weighted by atomic mass is 10.1. The number of amidine groups is 1. The molecule has 5 heteroatoms. The molecule has 1 aromatic rings. The van der Waals surface area contributed by atoms with Crippen molar-refractivity contribution in [2.75, 3.05) is 0 Å². The summed E-state index contributed by atoms with van der Waals surface area (Å²) in [5.41, 5.74) is -1.01. The second kappa shape index (κ2) is 4.42. The summed E-state index contributed by atoms with van der Waals surface area (Å²) in [6.07, 6.45) is 0. The van der Waals surface area contributed by atoms with Crippen molar-refractivity contribution in [3.05, 3.63) is 30.3 Å². The molecule has 2 rings (SSSR count). The lowest BCUT2D eigenvalue weighted by molar-refractivity contribution is 0.210. The SMILES string of the molecule is CC(C)(C)N=C1N=[S@@](=O)(c2ccccc2)OC1(C)C. The highest BCUT2D eigenvalue weighted by Gasteiger charge is 2.40. The Labute approximate surface area is 115 Å². The molecule has 1 aromatic carbocycles. The largest absolute Gasteiger partial charge is 0.267 e. The molecule has 0 saturated heterocycles. The number of hydrogen-bond donors (Lipinski definition) is 0. The summed E-state index contributed by atoms with van der Waals surface area (Å²) in [7, 11) is -2.87. The standard InChI is InChI=1S/C14H20N2O2S/c1-13(2,3)15-12-14(4,5)18-19(17,16-12)11-9-7-6-8-10-11/h6-10H,1-5H3/t19-/m1/s1. The summed E-state index contributed by atoms with van der Waals surface area (Å²) in [4.78, 5) is 5.11. The second-order valence-electron chi connectivity index (χ2n) is 6.08. The van der Waals surface area contributed by atoms with Gasteiger partial charge >= 0.3 is 0 Å². The first kappa shape index (κ1) is 14.2. The zero-order valence-corrected chi connectivity index (χ0v) is 12.8. The molecule has 19 heavy (non-hydrogen) atoms. The van der Waals surface area contributed by atoms with Crippen molar-refractivity contribution >= 4 is 15.8 Å². The molecule has 1 heterocycles. The van der Waals surface area contributed by atoms with E-state index in [-0.39, 0.29) is 5.54 Å². The Hall–Kier alpha value is -1.20. The third-order valence-corrected chi connectivity index (χ3v) is 4.47. The molecule has 4 nitrogen and oxygen atoms in total. The minimum Gasteiger partial charge on any atom is -0.267 e. The van der Waals surface area contributed by atoms with Crippen LogP contribution in [0.4, 0.5) is 0 Å². The number of benzene rings is 1. The van der Waals surface area contributed by atoms with E-state index < -0.39 is 15.6 Å². The molecular formula is C14H20N2O2S. The lowest BCUT2D eigenvalue weighted by Crippen LogP contribution is -2.31. The molecule has 0 bridgehead atoms. The summed E-state index contributed by atoms with van der Waals surface area (Å²) in [6, 6.07) is 9.06. The monoisotopic (exact) mass is 280 g/mol.